The minimum Gasteiger partial charge on any atom is -0.507 e. The van der Waals surface area contributed by atoms with Crippen molar-refractivity contribution in [3.05, 3.63) is 19.4 Å². The lowest BCUT2D eigenvalue weighted by Gasteiger charge is -2.22. The second kappa shape index (κ2) is 7.84. The molecule has 1 fully saturated rings. The van der Waals surface area contributed by atoms with Crippen LogP contribution < -0.4 is 0 Å². The van der Waals surface area contributed by atoms with Gasteiger partial charge >= 0.3 is 0 Å². The van der Waals surface area contributed by atoms with E-state index in [0.29, 0.717) is 17.6 Å². The van der Waals surface area contributed by atoms with Gasteiger partial charge in [0.2, 0.25) is 0 Å². The van der Waals surface area contributed by atoms with Gasteiger partial charge in [-0.2, -0.15) is 0 Å². The number of carbonyl (C=O) groups excluding carboxylic acids is 2. The zero-order valence-corrected chi connectivity index (χ0v) is 17.4. The lowest BCUT2D eigenvalue weighted by atomic mass is 10.3. The molecule has 3 N–H and O–H groups in total. The van der Waals surface area contributed by atoms with E-state index in [1.54, 1.807) is 0 Å². The van der Waals surface area contributed by atoms with E-state index in [4.69, 9.17) is 9.84 Å². The van der Waals surface area contributed by atoms with Crippen molar-refractivity contribution in [2.24, 2.45) is 0 Å². The summed E-state index contributed by atoms with van der Waals surface area (Å²) in [7, 11) is 1.50. The summed E-state index contributed by atoms with van der Waals surface area (Å²) < 4.78 is 6.07. The van der Waals surface area contributed by atoms with Crippen molar-refractivity contribution < 1.29 is 29.6 Å². The molecule has 2 aliphatic heterocycles. The fourth-order valence-electron chi connectivity index (χ4n) is 2.46. The summed E-state index contributed by atoms with van der Waals surface area (Å²) in [6.45, 7) is 0.405. The van der Waals surface area contributed by atoms with Gasteiger partial charge in [-0.05, 0) is 28.7 Å². The fourth-order valence-corrected chi connectivity index (χ4v) is 5.81. The zero-order valence-electron chi connectivity index (χ0n) is 13.6. The largest absolute Gasteiger partial charge is 0.507 e. The van der Waals surface area contributed by atoms with Crippen molar-refractivity contribution >= 4 is 57.9 Å². The van der Waals surface area contributed by atoms with Crippen LogP contribution in [0.3, 0.4) is 0 Å². The quantitative estimate of drug-likeness (QED) is 0.179. The Labute approximate surface area is 171 Å². The molecule has 3 rings (SSSR count). The number of amides is 2. The maximum Gasteiger partial charge on any atom is 0.279 e. The van der Waals surface area contributed by atoms with E-state index in [1.807, 2.05) is 22.6 Å². The highest BCUT2D eigenvalue weighted by Gasteiger charge is 2.43. The monoisotopic (exact) mass is 510 g/mol. The smallest absolute Gasteiger partial charge is 0.279 e. The molecule has 2 aliphatic rings. The number of carbonyl (C=O) groups is 2. The van der Waals surface area contributed by atoms with Crippen molar-refractivity contribution in [3.63, 3.8) is 0 Å². The van der Waals surface area contributed by atoms with Gasteiger partial charge in [-0.1, -0.05) is 23.5 Å². The van der Waals surface area contributed by atoms with Gasteiger partial charge in [0.15, 0.2) is 0 Å². The number of hydrazine groups is 1. The van der Waals surface area contributed by atoms with E-state index in [1.165, 1.54) is 23.1 Å². The summed E-state index contributed by atoms with van der Waals surface area (Å²) >= 11 is 4.10. The third kappa shape index (κ3) is 3.38. The molecule has 0 saturated carbocycles. The normalized spacial score (nSPS) is 19.7. The first-order valence-electron chi connectivity index (χ1n) is 7.49. The Morgan fingerprint density at radius 2 is 1.85 bits per heavy atom. The first kappa shape index (κ1) is 19.6. The molecular formula is C15H15IN2O6S2. The summed E-state index contributed by atoms with van der Waals surface area (Å²) in [6, 6.07) is 1.44. The number of hydrogen-bond donors (Lipinski definition) is 3. The van der Waals surface area contributed by atoms with Crippen molar-refractivity contribution in [1.29, 1.82) is 0 Å². The van der Waals surface area contributed by atoms with Gasteiger partial charge in [0.25, 0.3) is 11.8 Å². The van der Waals surface area contributed by atoms with E-state index in [0.717, 1.165) is 23.5 Å². The maximum absolute atomic E-state index is 12.7. The van der Waals surface area contributed by atoms with Crippen LogP contribution in [-0.4, -0.2) is 70.6 Å². The van der Waals surface area contributed by atoms with E-state index >= 15 is 0 Å². The summed E-state index contributed by atoms with van der Waals surface area (Å²) in [5, 5.41) is 31.5. The van der Waals surface area contributed by atoms with Gasteiger partial charge in [0, 0.05) is 7.05 Å². The topological polar surface area (TPSA) is 111 Å². The van der Waals surface area contributed by atoms with Gasteiger partial charge in [-0.15, -0.1) is 0 Å². The van der Waals surface area contributed by atoms with Crippen molar-refractivity contribution in [2.45, 2.75) is 9.79 Å². The predicted molar refractivity (Wildman–Crippen MR) is 104 cm³/mol. The summed E-state index contributed by atoms with van der Waals surface area (Å²) in [5.74, 6) is -0.891. The molecule has 1 saturated heterocycles. The number of halogens is 1. The van der Waals surface area contributed by atoms with Gasteiger partial charge in [0.1, 0.15) is 17.1 Å². The maximum atomic E-state index is 12.7. The lowest BCUT2D eigenvalue weighted by molar-refractivity contribution is -0.145. The van der Waals surface area contributed by atoms with Crippen LogP contribution in [0.5, 0.6) is 11.5 Å². The molecule has 2 heterocycles. The predicted octanol–water partition coefficient (Wildman–Crippen LogP) is 1.34. The molecule has 140 valence electrons. The fraction of sp³-hybridized carbons (Fsp3) is 0.333. The highest BCUT2D eigenvalue weighted by Crippen LogP contribution is 2.59. The van der Waals surface area contributed by atoms with Gasteiger partial charge in [0.05, 0.1) is 44.0 Å². The Morgan fingerprint density at radius 3 is 2.54 bits per heavy atom. The number of thioether (sulfide) groups is 2. The van der Waals surface area contributed by atoms with E-state index in [-0.39, 0.29) is 43.4 Å². The Kier molecular flexibility index (Phi) is 5.91. The molecule has 0 atom stereocenters. The molecule has 1 aromatic rings. The molecule has 0 aromatic heterocycles. The number of hydrogen-bond acceptors (Lipinski definition) is 8. The Hall–Kier alpha value is -1.15. The first-order valence-corrected chi connectivity index (χ1v) is 10.2. The molecule has 0 aliphatic carbocycles. The second-order valence-electron chi connectivity index (χ2n) is 5.34. The standard InChI is InChI=1S/C15H15IN2O6S2/c1-17-13(22)9(14(23)18(17)2-4-24-5-3-19)15-25-11-8(20)6-7(16)10(21)12(11)26-15/h6,19-21H,2-5H2,1H3/b15-9+. The Balaban J connectivity index is 1.87. The molecule has 0 radical (unpaired) electrons. The van der Waals surface area contributed by atoms with Crippen LogP contribution in [0.4, 0.5) is 0 Å². The summed E-state index contributed by atoms with van der Waals surface area (Å²) in [4.78, 5) is 26.1. The molecule has 0 unspecified atom stereocenters. The van der Waals surface area contributed by atoms with Crippen LogP contribution in [0.2, 0.25) is 0 Å². The van der Waals surface area contributed by atoms with Crippen LogP contribution in [0, 0.1) is 3.57 Å². The van der Waals surface area contributed by atoms with Gasteiger partial charge < -0.3 is 20.1 Å². The summed E-state index contributed by atoms with van der Waals surface area (Å²) in [5.41, 5.74) is 0.00895. The molecular weight excluding hydrogens is 495 g/mol. The number of aliphatic hydroxyl groups is 1. The van der Waals surface area contributed by atoms with Gasteiger partial charge in [-0.3, -0.25) is 9.59 Å². The number of rotatable bonds is 5. The number of phenols is 2. The minimum absolute atomic E-state index is 0.00388. The molecule has 1 aromatic carbocycles. The zero-order chi connectivity index (χ0) is 19.0. The molecule has 8 nitrogen and oxygen atoms in total. The Morgan fingerprint density at radius 1 is 1.15 bits per heavy atom. The van der Waals surface area contributed by atoms with Crippen LogP contribution in [0.15, 0.2) is 25.7 Å². The number of benzene rings is 1. The van der Waals surface area contributed by atoms with Crippen LogP contribution in [-0.2, 0) is 14.3 Å². The highest BCUT2D eigenvalue weighted by atomic mass is 127. The van der Waals surface area contributed by atoms with Crippen molar-refractivity contribution in [2.75, 3.05) is 33.4 Å². The summed E-state index contributed by atoms with van der Waals surface area (Å²) in [6.07, 6.45) is 0. The second-order valence-corrected chi connectivity index (χ2v) is 8.81. The SMILES string of the molecule is CN1C(=O)/C(=C2/Sc3c(O)cc(I)c(O)c3S2)C(=O)N1CCOCCO. The number of likely N-dealkylation sites (N-methyl/N-ethyl adjacent to an activating group) is 1. The number of phenolic OH excluding ortho intramolecular Hbond substituents is 2. The lowest BCUT2D eigenvalue weighted by Crippen LogP contribution is -2.40. The minimum atomic E-state index is -0.457. The third-order valence-corrected chi connectivity index (χ3v) is 7.19. The molecule has 0 spiro atoms. The molecule has 11 heteroatoms. The Bertz CT molecular complexity index is 816. The molecule has 26 heavy (non-hydrogen) atoms. The van der Waals surface area contributed by atoms with Crippen LogP contribution in [0.25, 0.3) is 0 Å². The van der Waals surface area contributed by atoms with E-state index < -0.39 is 11.8 Å². The van der Waals surface area contributed by atoms with E-state index in [2.05, 4.69) is 0 Å². The van der Waals surface area contributed by atoms with Crippen molar-refractivity contribution in [3.8, 4) is 11.5 Å². The van der Waals surface area contributed by atoms with Gasteiger partial charge in [-0.25, -0.2) is 10.0 Å². The molecule has 0 bridgehead atoms. The van der Waals surface area contributed by atoms with Crippen LogP contribution in [0.1, 0.15) is 0 Å². The number of ether oxygens (including phenoxy) is 1. The highest BCUT2D eigenvalue weighted by molar-refractivity contribution is 14.1. The number of aromatic hydroxyl groups is 2. The van der Waals surface area contributed by atoms with Crippen LogP contribution >= 0.6 is 46.1 Å². The number of nitrogens with zero attached hydrogens (tertiary/aromatic N) is 2. The number of fused-ring (bicyclic) bond motifs is 1. The first-order chi connectivity index (χ1) is 12.4. The third-order valence-electron chi connectivity index (χ3n) is 3.74. The number of aliphatic hydroxyl groups excluding tert-OH is 1. The average molecular weight is 510 g/mol. The van der Waals surface area contributed by atoms with E-state index in [9.17, 15) is 19.8 Å². The van der Waals surface area contributed by atoms with Crippen molar-refractivity contribution in [1.82, 2.24) is 10.0 Å². The average Bonchev–Trinajstić information content (AvgIpc) is 3.12. The molecule has 2 amide bonds.